The largest absolute Gasteiger partial charge is 0.397 e. The minimum Gasteiger partial charge on any atom is -0.397 e. The van der Waals surface area contributed by atoms with Crippen LogP contribution in [-0.4, -0.2) is 10.9 Å². The van der Waals surface area contributed by atoms with Crippen molar-refractivity contribution in [3.63, 3.8) is 0 Å². The van der Waals surface area contributed by atoms with Gasteiger partial charge < -0.3 is 11.1 Å². The van der Waals surface area contributed by atoms with Crippen molar-refractivity contribution in [2.24, 2.45) is 0 Å². The molecule has 2 aromatic rings. The second-order valence-corrected chi connectivity index (χ2v) is 3.80. The second kappa shape index (κ2) is 4.65. The maximum Gasteiger partial charge on any atom is 0.274 e. The summed E-state index contributed by atoms with van der Waals surface area (Å²) in [4.78, 5) is 15.8. The maximum atomic E-state index is 11.8. The molecule has 3 N–H and O–H groups in total. The number of pyridine rings is 1. The van der Waals surface area contributed by atoms with Crippen LogP contribution in [0.4, 0.5) is 11.4 Å². The fourth-order valence-corrected chi connectivity index (χ4v) is 1.37. The molecule has 1 amide bonds. The van der Waals surface area contributed by atoms with E-state index in [1.807, 2.05) is 31.2 Å². The third kappa shape index (κ3) is 2.81. The van der Waals surface area contributed by atoms with Gasteiger partial charge >= 0.3 is 0 Å². The van der Waals surface area contributed by atoms with E-state index in [2.05, 4.69) is 10.3 Å². The Morgan fingerprint density at radius 1 is 1.18 bits per heavy atom. The molecule has 0 radical (unpaired) electrons. The Kier molecular flexibility index (Phi) is 3.05. The van der Waals surface area contributed by atoms with Crippen LogP contribution in [0.25, 0.3) is 0 Å². The molecule has 17 heavy (non-hydrogen) atoms. The summed E-state index contributed by atoms with van der Waals surface area (Å²) in [6.45, 7) is 1.99. The number of nitrogens with two attached hydrogens (primary N) is 1. The third-order valence-electron chi connectivity index (χ3n) is 2.33. The number of aryl methyl sites for hydroxylation is 1. The quantitative estimate of drug-likeness (QED) is 0.826. The molecule has 1 aromatic heterocycles. The molecule has 1 heterocycles. The van der Waals surface area contributed by atoms with E-state index in [9.17, 15) is 4.79 Å². The van der Waals surface area contributed by atoms with Crippen LogP contribution in [0.15, 0.2) is 42.6 Å². The van der Waals surface area contributed by atoms with Gasteiger partial charge in [-0.25, -0.2) is 4.98 Å². The van der Waals surface area contributed by atoms with Gasteiger partial charge in [-0.3, -0.25) is 4.79 Å². The highest BCUT2D eigenvalue weighted by atomic mass is 16.1. The summed E-state index contributed by atoms with van der Waals surface area (Å²) in [6, 6.07) is 10.8. The van der Waals surface area contributed by atoms with Crippen LogP contribution >= 0.6 is 0 Å². The summed E-state index contributed by atoms with van der Waals surface area (Å²) in [7, 11) is 0. The van der Waals surface area contributed by atoms with Crippen molar-refractivity contribution in [1.29, 1.82) is 0 Å². The van der Waals surface area contributed by atoms with Crippen molar-refractivity contribution >= 4 is 17.3 Å². The molecular formula is C13H13N3O. The molecule has 0 spiro atoms. The first-order valence-corrected chi connectivity index (χ1v) is 5.25. The average molecular weight is 227 g/mol. The number of rotatable bonds is 2. The van der Waals surface area contributed by atoms with E-state index in [-0.39, 0.29) is 5.91 Å². The van der Waals surface area contributed by atoms with E-state index < -0.39 is 0 Å². The van der Waals surface area contributed by atoms with Gasteiger partial charge in [0, 0.05) is 5.69 Å². The summed E-state index contributed by atoms with van der Waals surface area (Å²) in [5.41, 5.74) is 8.28. The van der Waals surface area contributed by atoms with E-state index in [0.717, 1.165) is 11.3 Å². The summed E-state index contributed by atoms with van der Waals surface area (Å²) < 4.78 is 0. The van der Waals surface area contributed by atoms with Crippen molar-refractivity contribution in [2.45, 2.75) is 6.92 Å². The number of aromatic nitrogens is 1. The number of nitrogens with zero attached hydrogens (tertiary/aromatic N) is 1. The first kappa shape index (κ1) is 11.1. The minimum absolute atomic E-state index is 0.242. The zero-order chi connectivity index (χ0) is 12.3. The smallest absolute Gasteiger partial charge is 0.274 e. The Hall–Kier alpha value is -2.36. The summed E-state index contributed by atoms with van der Waals surface area (Å²) >= 11 is 0. The lowest BCUT2D eigenvalue weighted by Gasteiger charge is -2.04. The van der Waals surface area contributed by atoms with E-state index in [1.165, 1.54) is 6.20 Å². The fraction of sp³-hybridized carbons (Fsp3) is 0.0769. The highest BCUT2D eigenvalue weighted by Gasteiger charge is 2.06. The first-order chi connectivity index (χ1) is 8.15. The molecule has 0 fully saturated rings. The van der Waals surface area contributed by atoms with Gasteiger partial charge in [0.1, 0.15) is 5.69 Å². The number of nitrogens with one attached hydrogen (secondary N) is 1. The predicted molar refractivity (Wildman–Crippen MR) is 67.8 cm³/mol. The van der Waals surface area contributed by atoms with E-state index in [0.29, 0.717) is 11.4 Å². The molecule has 4 nitrogen and oxygen atoms in total. The first-order valence-electron chi connectivity index (χ1n) is 5.25. The van der Waals surface area contributed by atoms with Gasteiger partial charge in [0.2, 0.25) is 0 Å². The van der Waals surface area contributed by atoms with Crippen LogP contribution in [0.5, 0.6) is 0 Å². The summed E-state index contributed by atoms with van der Waals surface area (Å²) in [6.07, 6.45) is 1.46. The van der Waals surface area contributed by atoms with Crippen molar-refractivity contribution in [3.05, 3.63) is 53.9 Å². The lowest BCUT2D eigenvalue weighted by molar-refractivity contribution is 0.102. The van der Waals surface area contributed by atoms with Crippen LogP contribution < -0.4 is 11.1 Å². The molecular weight excluding hydrogens is 214 g/mol. The highest BCUT2D eigenvalue weighted by Crippen LogP contribution is 2.10. The SMILES string of the molecule is Cc1ccc(NC(=O)c2ccc(N)cn2)cc1. The van der Waals surface area contributed by atoms with Gasteiger partial charge in [-0.05, 0) is 31.2 Å². The normalized spacial score (nSPS) is 9.94. The van der Waals surface area contributed by atoms with Crippen molar-refractivity contribution in [1.82, 2.24) is 4.98 Å². The van der Waals surface area contributed by atoms with Crippen molar-refractivity contribution < 1.29 is 4.79 Å². The Balaban J connectivity index is 2.11. The number of carbonyl (C=O) groups is 1. The van der Waals surface area contributed by atoms with E-state index >= 15 is 0 Å². The van der Waals surface area contributed by atoms with Gasteiger partial charge in [-0.1, -0.05) is 17.7 Å². The van der Waals surface area contributed by atoms with Crippen LogP contribution in [0.3, 0.4) is 0 Å². The molecule has 0 aliphatic heterocycles. The van der Waals surface area contributed by atoms with Gasteiger partial charge in [0.05, 0.1) is 11.9 Å². The monoisotopic (exact) mass is 227 g/mol. The lowest BCUT2D eigenvalue weighted by Crippen LogP contribution is -2.13. The fourth-order valence-electron chi connectivity index (χ4n) is 1.37. The molecule has 86 valence electrons. The van der Waals surface area contributed by atoms with Crippen LogP contribution in [-0.2, 0) is 0 Å². The predicted octanol–water partition coefficient (Wildman–Crippen LogP) is 2.22. The van der Waals surface area contributed by atoms with E-state index in [1.54, 1.807) is 12.1 Å². The molecule has 0 atom stereocenters. The maximum absolute atomic E-state index is 11.8. The van der Waals surface area contributed by atoms with Gasteiger partial charge in [0.15, 0.2) is 0 Å². The molecule has 0 saturated carbocycles. The molecule has 4 heteroatoms. The number of nitrogen functional groups attached to an aromatic ring is 1. The Bertz CT molecular complexity index is 517. The Morgan fingerprint density at radius 3 is 2.47 bits per heavy atom. The molecule has 0 aliphatic rings. The Morgan fingerprint density at radius 2 is 1.88 bits per heavy atom. The number of benzene rings is 1. The standard InChI is InChI=1S/C13H13N3O/c1-9-2-5-11(6-3-9)16-13(17)12-7-4-10(14)8-15-12/h2-8H,14H2,1H3,(H,16,17). The number of hydrogen-bond donors (Lipinski definition) is 2. The zero-order valence-electron chi connectivity index (χ0n) is 9.47. The molecule has 0 saturated heterocycles. The van der Waals surface area contributed by atoms with Crippen molar-refractivity contribution in [3.8, 4) is 0 Å². The van der Waals surface area contributed by atoms with Crippen LogP contribution in [0.1, 0.15) is 16.1 Å². The molecule has 0 unspecified atom stereocenters. The third-order valence-corrected chi connectivity index (χ3v) is 2.33. The van der Waals surface area contributed by atoms with Crippen molar-refractivity contribution in [2.75, 3.05) is 11.1 Å². The van der Waals surface area contributed by atoms with E-state index in [4.69, 9.17) is 5.73 Å². The minimum atomic E-state index is -0.242. The zero-order valence-corrected chi connectivity index (χ0v) is 9.47. The number of amides is 1. The second-order valence-electron chi connectivity index (χ2n) is 3.80. The molecule has 1 aromatic carbocycles. The highest BCUT2D eigenvalue weighted by molar-refractivity contribution is 6.02. The van der Waals surface area contributed by atoms with Gasteiger partial charge in [0.25, 0.3) is 5.91 Å². The Labute approximate surface area is 99.5 Å². The molecule has 0 bridgehead atoms. The number of hydrogen-bond acceptors (Lipinski definition) is 3. The van der Waals surface area contributed by atoms with Crippen LogP contribution in [0, 0.1) is 6.92 Å². The number of carbonyl (C=O) groups excluding carboxylic acids is 1. The average Bonchev–Trinajstić information content (AvgIpc) is 2.33. The lowest BCUT2D eigenvalue weighted by atomic mass is 10.2. The summed E-state index contributed by atoms with van der Waals surface area (Å²) in [5, 5.41) is 2.76. The summed E-state index contributed by atoms with van der Waals surface area (Å²) in [5.74, 6) is -0.242. The van der Waals surface area contributed by atoms with Gasteiger partial charge in [-0.2, -0.15) is 0 Å². The van der Waals surface area contributed by atoms with Gasteiger partial charge in [-0.15, -0.1) is 0 Å². The molecule has 0 aliphatic carbocycles. The molecule has 2 rings (SSSR count). The topological polar surface area (TPSA) is 68.0 Å². The van der Waals surface area contributed by atoms with Crippen LogP contribution in [0.2, 0.25) is 0 Å². The number of anilines is 2.